The molecular formula is C8H12F3NO4. The van der Waals surface area contributed by atoms with Crippen LogP contribution in [-0.2, 0) is 14.3 Å². The Morgan fingerprint density at radius 2 is 2.00 bits per heavy atom. The Morgan fingerprint density at radius 1 is 1.44 bits per heavy atom. The summed E-state index contributed by atoms with van der Waals surface area (Å²) in [6, 6.07) is -1.55. The Kier molecular flexibility index (Phi) is 5.79. The number of methoxy groups -OCH3 is 1. The third kappa shape index (κ3) is 5.54. The molecule has 1 amide bonds. The maximum absolute atomic E-state index is 11.8. The Hall–Kier alpha value is -1.31. The van der Waals surface area contributed by atoms with Crippen LogP contribution in [0.25, 0.3) is 0 Å². The van der Waals surface area contributed by atoms with Crippen molar-refractivity contribution in [3.05, 3.63) is 0 Å². The largest absolute Gasteiger partial charge is 0.480 e. The summed E-state index contributed by atoms with van der Waals surface area (Å²) < 4.78 is 40.1. The van der Waals surface area contributed by atoms with Crippen LogP contribution in [0.1, 0.15) is 12.8 Å². The summed E-state index contributed by atoms with van der Waals surface area (Å²) in [5, 5.41) is 9.96. The van der Waals surface area contributed by atoms with Gasteiger partial charge in [-0.15, -0.1) is 0 Å². The van der Waals surface area contributed by atoms with Crippen molar-refractivity contribution in [1.29, 1.82) is 0 Å². The fourth-order valence-electron chi connectivity index (χ4n) is 0.929. The number of hydrogen-bond donors (Lipinski definition) is 2. The van der Waals surface area contributed by atoms with E-state index in [-0.39, 0.29) is 19.4 Å². The topological polar surface area (TPSA) is 75.6 Å². The second-order valence-corrected chi connectivity index (χ2v) is 3.00. The minimum Gasteiger partial charge on any atom is -0.480 e. The number of nitrogens with one attached hydrogen (secondary N) is 1. The Bertz CT molecular complexity index is 254. The van der Waals surface area contributed by atoms with E-state index in [2.05, 4.69) is 4.74 Å². The van der Waals surface area contributed by atoms with Crippen molar-refractivity contribution < 1.29 is 32.6 Å². The smallest absolute Gasteiger partial charge is 0.471 e. The predicted octanol–water partition coefficient (Wildman–Crippen LogP) is 0.545. The molecule has 0 bridgehead atoms. The van der Waals surface area contributed by atoms with Gasteiger partial charge in [-0.1, -0.05) is 0 Å². The molecule has 1 unspecified atom stereocenters. The summed E-state index contributed by atoms with van der Waals surface area (Å²) in [5.41, 5.74) is 0. The lowest BCUT2D eigenvalue weighted by Gasteiger charge is -2.15. The predicted molar refractivity (Wildman–Crippen MR) is 46.7 cm³/mol. The van der Waals surface area contributed by atoms with Crippen LogP contribution >= 0.6 is 0 Å². The highest BCUT2D eigenvalue weighted by Gasteiger charge is 2.40. The lowest BCUT2D eigenvalue weighted by molar-refractivity contribution is -0.175. The zero-order valence-corrected chi connectivity index (χ0v) is 8.50. The number of halogens is 3. The van der Waals surface area contributed by atoms with E-state index in [1.54, 1.807) is 0 Å². The fraction of sp³-hybridized carbons (Fsp3) is 0.750. The summed E-state index contributed by atoms with van der Waals surface area (Å²) in [4.78, 5) is 21.0. The number of rotatable bonds is 6. The van der Waals surface area contributed by atoms with Gasteiger partial charge in [-0.05, 0) is 12.8 Å². The third-order valence-corrected chi connectivity index (χ3v) is 1.70. The first-order valence-electron chi connectivity index (χ1n) is 4.38. The van der Waals surface area contributed by atoms with Gasteiger partial charge in [0, 0.05) is 13.7 Å². The number of ether oxygens (including phenoxy) is 1. The molecule has 2 N–H and O–H groups in total. The van der Waals surface area contributed by atoms with Crippen molar-refractivity contribution in [1.82, 2.24) is 5.32 Å². The van der Waals surface area contributed by atoms with E-state index in [1.165, 1.54) is 12.4 Å². The van der Waals surface area contributed by atoms with Crippen molar-refractivity contribution in [2.45, 2.75) is 25.1 Å². The maximum Gasteiger partial charge on any atom is 0.471 e. The SMILES string of the molecule is COCCCC(NC(=O)C(F)(F)F)C(=O)O. The average molecular weight is 243 g/mol. The van der Waals surface area contributed by atoms with Crippen LogP contribution in [0.3, 0.4) is 0 Å². The fourth-order valence-corrected chi connectivity index (χ4v) is 0.929. The summed E-state index contributed by atoms with van der Waals surface area (Å²) in [6.45, 7) is 0.214. The third-order valence-electron chi connectivity index (χ3n) is 1.70. The molecule has 0 aromatic rings. The molecule has 94 valence electrons. The monoisotopic (exact) mass is 243 g/mol. The molecule has 0 rings (SSSR count). The van der Waals surface area contributed by atoms with Crippen LogP contribution in [0.4, 0.5) is 13.2 Å². The van der Waals surface area contributed by atoms with E-state index in [9.17, 15) is 22.8 Å². The lowest BCUT2D eigenvalue weighted by Crippen LogP contribution is -2.46. The van der Waals surface area contributed by atoms with Gasteiger partial charge in [-0.3, -0.25) is 4.79 Å². The number of aliphatic carboxylic acids is 1. The summed E-state index contributed by atoms with van der Waals surface area (Å²) in [5.74, 6) is -3.76. The van der Waals surface area contributed by atoms with Gasteiger partial charge >= 0.3 is 18.1 Å². The molecule has 0 aromatic heterocycles. The van der Waals surface area contributed by atoms with Crippen LogP contribution in [-0.4, -0.2) is 42.9 Å². The van der Waals surface area contributed by atoms with E-state index >= 15 is 0 Å². The zero-order chi connectivity index (χ0) is 12.8. The summed E-state index contributed by atoms with van der Waals surface area (Å²) >= 11 is 0. The molecule has 0 aromatic carbocycles. The standard InChI is InChI=1S/C8H12F3NO4/c1-16-4-2-3-5(6(13)14)12-7(15)8(9,10)11/h5H,2-4H2,1H3,(H,12,15)(H,13,14). The van der Waals surface area contributed by atoms with Crippen molar-refractivity contribution in [3.63, 3.8) is 0 Å². The first-order chi connectivity index (χ1) is 7.29. The van der Waals surface area contributed by atoms with Crippen LogP contribution in [0.15, 0.2) is 0 Å². The molecule has 1 atom stereocenters. The van der Waals surface area contributed by atoms with Gasteiger partial charge in [0.05, 0.1) is 0 Å². The van der Waals surface area contributed by atoms with Crippen molar-refractivity contribution in [3.8, 4) is 0 Å². The first kappa shape index (κ1) is 14.7. The second kappa shape index (κ2) is 6.31. The molecule has 8 heteroatoms. The van der Waals surface area contributed by atoms with E-state index in [0.717, 1.165) is 0 Å². The zero-order valence-electron chi connectivity index (χ0n) is 8.50. The highest BCUT2D eigenvalue weighted by Crippen LogP contribution is 2.15. The molecule has 0 fully saturated rings. The Balaban J connectivity index is 4.24. The van der Waals surface area contributed by atoms with E-state index in [1.807, 2.05) is 0 Å². The number of alkyl halides is 3. The molecule has 16 heavy (non-hydrogen) atoms. The van der Waals surface area contributed by atoms with Gasteiger partial charge < -0.3 is 15.2 Å². The molecule has 0 radical (unpaired) electrons. The van der Waals surface area contributed by atoms with Crippen LogP contribution in [0, 0.1) is 0 Å². The number of amides is 1. The average Bonchev–Trinajstić information content (AvgIpc) is 2.14. The van der Waals surface area contributed by atoms with Crippen LogP contribution in [0.2, 0.25) is 0 Å². The van der Waals surface area contributed by atoms with Gasteiger partial charge in [0.25, 0.3) is 0 Å². The van der Waals surface area contributed by atoms with Crippen molar-refractivity contribution in [2.24, 2.45) is 0 Å². The highest BCUT2D eigenvalue weighted by molar-refractivity contribution is 5.86. The number of carboxylic acids is 1. The van der Waals surface area contributed by atoms with Crippen LogP contribution < -0.4 is 5.32 Å². The molecule has 0 saturated carbocycles. The van der Waals surface area contributed by atoms with Gasteiger partial charge in [0.2, 0.25) is 0 Å². The molecule has 5 nitrogen and oxygen atoms in total. The lowest BCUT2D eigenvalue weighted by atomic mass is 10.1. The number of carbonyl (C=O) groups excluding carboxylic acids is 1. The van der Waals surface area contributed by atoms with E-state index in [4.69, 9.17) is 5.11 Å². The number of carbonyl (C=O) groups is 2. The minimum atomic E-state index is -5.07. The normalized spacial score (nSPS) is 13.2. The van der Waals surface area contributed by atoms with E-state index < -0.39 is 24.1 Å². The summed E-state index contributed by atoms with van der Waals surface area (Å²) in [6.07, 6.45) is -4.95. The highest BCUT2D eigenvalue weighted by atomic mass is 19.4. The molecule has 0 saturated heterocycles. The second-order valence-electron chi connectivity index (χ2n) is 3.00. The Morgan fingerprint density at radius 3 is 2.38 bits per heavy atom. The maximum atomic E-state index is 11.8. The number of hydrogen-bond acceptors (Lipinski definition) is 3. The van der Waals surface area contributed by atoms with E-state index in [0.29, 0.717) is 0 Å². The van der Waals surface area contributed by atoms with Gasteiger partial charge in [-0.25, -0.2) is 4.79 Å². The molecule has 0 aliphatic heterocycles. The van der Waals surface area contributed by atoms with Gasteiger partial charge in [0.15, 0.2) is 0 Å². The van der Waals surface area contributed by atoms with Crippen LogP contribution in [0.5, 0.6) is 0 Å². The molecular weight excluding hydrogens is 231 g/mol. The molecule has 0 heterocycles. The first-order valence-corrected chi connectivity index (χ1v) is 4.38. The Labute approximate surface area is 89.6 Å². The van der Waals surface area contributed by atoms with Gasteiger partial charge in [0.1, 0.15) is 6.04 Å². The molecule has 0 spiro atoms. The molecule has 0 aliphatic carbocycles. The van der Waals surface area contributed by atoms with Crippen molar-refractivity contribution >= 4 is 11.9 Å². The van der Waals surface area contributed by atoms with Crippen molar-refractivity contribution in [2.75, 3.05) is 13.7 Å². The number of carboxylic acid groups (broad SMARTS) is 1. The summed E-state index contributed by atoms with van der Waals surface area (Å²) in [7, 11) is 1.38. The molecule has 0 aliphatic rings. The minimum absolute atomic E-state index is 0.120. The quantitative estimate of drug-likeness (QED) is 0.668. The van der Waals surface area contributed by atoms with Gasteiger partial charge in [-0.2, -0.15) is 13.2 Å².